The van der Waals surface area contributed by atoms with Crippen molar-refractivity contribution >= 4 is 39.8 Å². The molecule has 1 fully saturated rings. The minimum atomic E-state index is -2.92. The van der Waals surface area contributed by atoms with Crippen LogP contribution in [0.25, 0.3) is 0 Å². The molecule has 2 aromatic rings. The number of aliphatic imine (C=N–C) groups is 1. The van der Waals surface area contributed by atoms with Crippen molar-refractivity contribution in [3.8, 4) is 0 Å². The first kappa shape index (κ1) is 21.7. The summed E-state index contributed by atoms with van der Waals surface area (Å²) in [6.07, 6.45) is 3.86. The van der Waals surface area contributed by atoms with Crippen LogP contribution < -0.4 is 10.6 Å². The van der Waals surface area contributed by atoms with E-state index >= 15 is 0 Å². The number of nitrogens with one attached hydrogen (secondary N) is 2. The summed E-state index contributed by atoms with van der Waals surface area (Å²) in [5.41, 5.74) is 1.25. The number of hydrogen-bond donors (Lipinski definition) is 2. The van der Waals surface area contributed by atoms with Crippen LogP contribution in [-0.2, 0) is 22.7 Å². The fourth-order valence-electron chi connectivity index (χ4n) is 2.96. The van der Waals surface area contributed by atoms with Crippen LogP contribution in [0.2, 0.25) is 0 Å². The van der Waals surface area contributed by atoms with E-state index in [4.69, 9.17) is 4.42 Å². The van der Waals surface area contributed by atoms with Crippen LogP contribution in [0.15, 0.2) is 58.1 Å². The molecule has 1 aliphatic heterocycles. The van der Waals surface area contributed by atoms with Crippen molar-refractivity contribution in [2.45, 2.75) is 25.3 Å². The summed E-state index contributed by atoms with van der Waals surface area (Å²) in [5.74, 6) is 1.97. The average molecular weight is 503 g/mol. The number of hydrogen-bond acceptors (Lipinski definition) is 4. The van der Waals surface area contributed by atoms with Gasteiger partial charge in [0.2, 0.25) is 0 Å². The van der Waals surface area contributed by atoms with Crippen LogP contribution in [0.1, 0.15) is 17.7 Å². The zero-order chi connectivity index (χ0) is 18.2. The minimum absolute atomic E-state index is 0. The third-order valence-corrected chi connectivity index (χ3v) is 6.10. The standard InChI is InChI=1S/C19H25N3O3S.HI/c23-26(24)14-10-17(15-26)22-19(21-12-9-18-7-4-13-25-18)20-11-8-16-5-2-1-3-6-16;/h1-7,13,17H,8-12,14-15H2,(H2,20,21,22);1H. The SMILES string of the molecule is I.O=S1(=O)CCC(NC(=NCCc2ccco2)NCCc2ccccc2)C1. The van der Waals surface area contributed by atoms with Gasteiger partial charge >= 0.3 is 0 Å². The predicted octanol–water partition coefficient (Wildman–Crippen LogP) is 2.41. The van der Waals surface area contributed by atoms with Crippen molar-refractivity contribution in [1.82, 2.24) is 10.6 Å². The van der Waals surface area contributed by atoms with Gasteiger partial charge in [0, 0.05) is 25.6 Å². The van der Waals surface area contributed by atoms with Crippen molar-refractivity contribution in [3.63, 3.8) is 0 Å². The van der Waals surface area contributed by atoms with Gasteiger partial charge in [-0.2, -0.15) is 0 Å². The Morgan fingerprint density at radius 1 is 1.15 bits per heavy atom. The van der Waals surface area contributed by atoms with E-state index in [1.54, 1.807) is 6.26 Å². The Kier molecular flexibility index (Phi) is 8.62. The van der Waals surface area contributed by atoms with Crippen LogP contribution in [0.4, 0.5) is 0 Å². The van der Waals surface area contributed by atoms with Crippen molar-refractivity contribution < 1.29 is 12.8 Å². The zero-order valence-corrected chi connectivity index (χ0v) is 18.3. The van der Waals surface area contributed by atoms with E-state index in [1.807, 2.05) is 30.3 Å². The maximum Gasteiger partial charge on any atom is 0.191 e. The molecule has 0 amide bonds. The third kappa shape index (κ3) is 7.53. The van der Waals surface area contributed by atoms with Gasteiger partial charge in [0.05, 0.1) is 17.8 Å². The lowest BCUT2D eigenvalue weighted by Gasteiger charge is -2.16. The third-order valence-electron chi connectivity index (χ3n) is 4.33. The highest BCUT2D eigenvalue weighted by molar-refractivity contribution is 14.0. The maximum absolute atomic E-state index is 11.7. The minimum Gasteiger partial charge on any atom is -0.469 e. The Balaban J connectivity index is 0.00000261. The second kappa shape index (κ2) is 10.7. The summed E-state index contributed by atoms with van der Waals surface area (Å²) in [4.78, 5) is 4.58. The smallest absolute Gasteiger partial charge is 0.191 e. The zero-order valence-electron chi connectivity index (χ0n) is 15.1. The monoisotopic (exact) mass is 503 g/mol. The molecule has 8 heteroatoms. The Bertz CT molecular complexity index is 808. The molecule has 2 N–H and O–H groups in total. The second-order valence-corrected chi connectivity index (χ2v) is 8.70. The summed E-state index contributed by atoms with van der Waals surface area (Å²) in [5, 5.41) is 6.58. The molecule has 0 radical (unpaired) electrons. The number of guanidine groups is 1. The van der Waals surface area contributed by atoms with Gasteiger partial charge in [-0.3, -0.25) is 4.99 Å². The first-order valence-electron chi connectivity index (χ1n) is 8.92. The Morgan fingerprint density at radius 3 is 2.63 bits per heavy atom. The molecule has 1 aromatic carbocycles. The molecule has 1 atom stereocenters. The largest absolute Gasteiger partial charge is 0.469 e. The Hall–Kier alpha value is -1.55. The van der Waals surface area contributed by atoms with Crippen molar-refractivity contribution in [1.29, 1.82) is 0 Å². The molecule has 1 unspecified atom stereocenters. The number of sulfone groups is 1. The van der Waals surface area contributed by atoms with E-state index in [-0.39, 0.29) is 41.5 Å². The van der Waals surface area contributed by atoms with Crippen LogP contribution in [0, 0.1) is 0 Å². The topological polar surface area (TPSA) is 83.7 Å². The lowest BCUT2D eigenvalue weighted by atomic mass is 10.1. The first-order valence-corrected chi connectivity index (χ1v) is 10.7. The summed E-state index contributed by atoms with van der Waals surface area (Å²) in [6, 6.07) is 13.9. The summed E-state index contributed by atoms with van der Waals surface area (Å²) in [7, 11) is -2.92. The molecular weight excluding hydrogens is 477 g/mol. The normalized spacial score (nSPS) is 18.7. The molecule has 27 heavy (non-hydrogen) atoms. The maximum atomic E-state index is 11.7. The number of rotatable bonds is 7. The summed E-state index contributed by atoms with van der Waals surface area (Å²) in [6.45, 7) is 1.31. The van der Waals surface area contributed by atoms with E-state index in [1.165, 1.54) is 5.56 Å². The molecule has 0 spiro atoms. The highest BCUT2D eigenvalue weighted by atomic mass is 127. The molecule has 3 rings (SSSR count). The summed E-state index contributed by atoms with van der Waals surface area (Å²) >= 11 is 0. The molecular formula is C19H26IN3O3S. The van der Waals surface area contributed by atoms with Crippen molar-refractivity contribution in [2.24, 2.45) is 4.99 Å². The van der Waals surface area contributed by atoms with Crippen LogP contribution in [0.5, 0.6) is 0 Å². The van der Waals surface area contributed by atoms with Crippen LogP contribution >= 0.6 is 24.0 Å². The van der Waals surface area contributed by atoms with Crippen LogP contribution in [-0.4, -0.2) is 45.0 Å². The molecule has 1 aliphatic rings. The molecule has 148 valence electrons. The molecule has 0 saturated carbocycles. The number of halogens is 1. The summed E-state index contributed by atoms with van der Waals surface area (Å²) < 4.78 is 28.7. The Labute approximate surface area is 177 Å². The lowest BCUT2D eigenvalue weighted by molar-refractivity contribution is 0.510. The van der Waals surface area contributed by atoms with E-state index in [0.29, 0.717) is 25.3 Å². The highest BCUT2D eigenvalue weighted by Crippen LogP contribution is 2.11. The highest BCUT2D eigenvalue weighted by Gasteiger charge is 2.28. The number of benzene rings is 1. The molecule has 1 saturated heterocycles. The van der Waals surface area contributed by atoms with Gasteiger partial charge in [0.15, 0.2) is 15.8 Å². The predicted molar refractivity (Wildman–Crippen MR) is 118 cm³/mol. The van der Waals surface area contributed by atoms with E-state index < -0.39 is 9.84 Å². The van der Waals surface area contributed by atoms with Gasteiger partial charge < -0.3 is 15.1 Å². The molecule has 2 heterocycles. The number of furan rings is 1. The Morgan fingerprint density at radius 2 is 1.96 bits per heavy atom. The lowest BCUT2D eigenvalue weighted by Crippen LogP contribution is -2.44. The second-order valence-electron chi connectivity index (χ2n) is 6.47. The van der Waals surface area contributed by atoms with Crippen LogP contribution in [0.3, 0.4) is 0 Å². The van der Waals surface area contributed by atoms with Gasteiger partial charge in [-0.25, -0.2) is 8.42 Å². The number of nitrogens with zero attached hydrogens (tertiary/aromatic N) is 1. The van der Waals surface area contributed by atoms with Crippen molar-refractivity contribution in [2.75, 3.05) is 24.6 Å². The average Bonchev–Trinajstić information content (AvgIpc) is 3.25. The van der Waals surface area contributed by atoms with Gasteiger partial charge in [-0.15, -0.1) is 24.0 Å². The fraction of sp³-hybridized carbons (Fsp3) is 0.421. The van der Waals surface area contributed by atoms with Gasteiger partial charge in [0.1, 0.15) is 5.76 Å². The molecule has 6 nitrogen and oxygen atoms in total. The van der Waals surface area contributed by atoms with Gasteiger partial charge in [0.25, 0.3) is 0 Å². The molecule has 1 aromatic heterocycles. The van der Waals surface area contributed by atoms with Crippen molar-refractivity contribution in [3.05, 3.63) is 60.1 Å². The van der Waals surface area contributed by atoms with Gasteiger partial charge in [-0.1, -0.05) is 30.3 Å². The van der Waals surface area contributed by atoms with E-state index in [9.17, 15) is 8.42 Å². The van der Waals surface area contributed by atoms with E-state index in [0.717, 1.165) is 18.7 Å². The fourth-order valence-corrected chi connectivity index (χ4v) is 4.63. The first-order chi connectivity index (χ1) is 12.6. The quantitative estimate of drug-likeness (QED) is 0.345. The van der Waals surface area contributed by atoms with E-state index in [2.05, 4.69) is 27.8 Å². The molecule has 0 bridgehead atoms. The molecule has 0 aliphatic carbocycles. The van der Waals surface area contributed by atoms with Gasteiger partial charge in [-0.05, 0) is 30.5 Å².